The van der Waals surface area contributed by atoms with E-state index in [9.17, 15) is 9.59 Å². The predicted molar refractivity (Wildman–Crippen MR) is 81.7 cm³/mol. The molecule has 2 heterocycles. The van der Waals surface area contributed by atoms with E-state index in [1.165, 1.54) is 17.3 Å². The summed E-state index contributed by atoms with van der Waals surface area (Å²) in [5.74, 6) is 0.320. The van der Waals surface area contributed by atoms with Gasteiger partial charge in [0.2, 0.25) is 5.91 Å². The van der Waals surface area contributed by atoms with Crippen molar-refractivity contribution in [3.8, 4) is 11.8 Å². The van der Waals surface area contributed by atoms with E-state index in [1.54, 1.807) is 12.1 Å². The Kier molecular flexibility index (Phi) is 4.01. The topological polar surface area (TPSA) is 84.4 Å². The van der Waals surface area contributed by atoms with Gasteiger partial charge in [0, 0.05) is 17.4 Å². The van der Waals surface area contributed by atoms with Gasteiger partial charge in [-0.3, -0.25) is 15.0 Å². The molecule has 1 aromatic carbocycles. The van der Waals surface area contributed by atoms with Crippen molar-refractivity contribution in [1.82, 2.24) is 15.3 Å². The molecule has 1 aliphatic rings. The van der Waals surface area contributed by atoms with Gasteiger partial charge in [-0.1, -0.05) is 22.0 Å². The Labute approximate surface area is 134 Å². The number of benzene rings is 1. The van der Waals surface area contributed by atoms with E-state index in [2.05, 4.69) is 31.2 Å². The second kappa shape index (κ2) is 6.10. The second-order valence-corrected chi connectivity index (χ2v) is 5.45. The van der Waals surface area contributed by atoms with Crippen LogP contribution < -0.4 is 15.0 Å². The van der Waals surface area contributed by atoms with Gasteiger partial charge < -0.3 is 4.74 Å². The van der Waals surface area contributed by atoms with Crippen LogP contribution in [0.2, 0.25) is 0 Å². The molecule has 0 radical (unpaired) electrons. The number of aromatic nitrogens is 2. The first-order valence-corrected chi connectivity index (χ1v) is 7.28. The zero-order valence-corrected chi connectivity index (χ0v) is 12.9. The Morgan fingerprint density at radius 2 is 2.00 bits per heavy atom. The summed E-state index contributed by atoms with van der Waals surface area (Å²) in [6.07, 6.45) is 3.22. The summed E-state index contributed by atoms with van der Waals surface area (Å²) >= 11 is 3.35. The average Bonchev–Trinajstić information content (AvgIpc) is 2.48. The molecule has 1 aromatic heterocycles. The number of anilines is 1. The van der Waals surface area contributed by atoms with Gasteiger partial charge in [0.15, 0.2) is 0 Å². The smallest absolute Gasteiger partial charge is 0.328 e. The summed E-state index contributed by atoms with van der Waals surface area (Å²) in [4.78, 5) is 32.4. The van der Waals surface area contributed by atoms with Crippen molar-refractivity contribution in [3.63, 3.8) is 0 Å². The molecule has 0 bridgehead atoms. The van der Waals surface area contributed by atoms with E-state index in [-0.39, 0.29) is 18.3 Å². The van der Waals surface area contributed by atoms with Crippen molar-refractivity contribution < 1.29 is 14.3 Å². The number of rotatable bonds is 3. The molecule has 0 unspecified atom stereocenters. The van der Waals surface area contributed by atoms with Crippen molar-refractivity contribution in [1.29, 1.82) is 0 Å². The number of halogens is 1. The molecule has 7 nitrogen and oxygen atoms in total. The lowest BCUT2D eigenvalue weighted by atomic mass is 10.3. The SMILES string of the molecule is O=C1CCN(c2cnc(Oc3cccc(Br)c3)nc2)C(=O)N1. The molecule has 0 aliphatic carbocycles. The first-order valence-electron chi connectivity index (χ1n) is 6.48. The zero-order valence-electron chi connectivity index (χ0n) is 11.3. The minimum Gasteiger partial charge on any atom is -0.424 e. The van der Waals surface area contributed by atoms with Gasteiger partial charge in [-0.2, -0.15) is 0 Å². The Bertz CT molecular complexity index is 720. The molecule has 22 heavy (non-hydrogen) atoms. The number of amides is 3. The second-order valence-electron chi connectivity index (χ2n) is 4.54. The standard InChI is InChI=1S/C14H11BrN4O3/c15-9-2-1-3-11(6-9)22-13-16-7-10(8-17-13)19-5-4-12(20)18-14(19)21/h1-3,6-8H,4-5H2,(H,18,20,21). The largest absolute Gasteiger partial charge is 0.424 e. The van der Waals surface area contributed by atoms with Crippen LogP contribution in [0.3, 0.4) is 0 Å². The lowest BCUT2D eigenvalue weighted by Crippen LogP contribution is -2.49. The first kappa shape index (κ1) is 14.5. The van der Waals surface area contributed by atoms with Crippen LogP contribution in [-0.4, -0.2) is 28.5 Å². The van der Waals surface area contributed by atoms with Gasteiger partial charge >= 0.3 is 12.0 Å². The summed E-state index contributed by atoms with van der Waals surface area (Å²) in [6.45, 7) is 0.305. The molecule has 1 fully saturated rings. The minimum atomic E-state index is -0.472. The van der Waals surface area contributed by atoms with Crippen LogP contribution in [0.25, 0.3) is 0 Å². The summed E-state index contributed by atoms with van der Waals surface area (Å²) in [6, 6.07) is 7.00. The molecule has 3 amide bonds. The maximum absolute atomic E-state index is 11.7. The van der Waals surface area contributed by atoms with Gasteiger partial charge in [-0.05, 0) is 18.2 Å². The maximum atomic E-state index is 11.7. The highest BCUT2D eigenvalue weighted by Gasteiger charge is 2.24. The van der Waals surface area contributed by atoms with Gasteiger partial charge in [-0.25, -0.2) is 14.8 Å². The minimum absolute atomic E-state index is 0.176. The quantitative estimate of drug-likeness (QED) is 0.906. The van der Waals surface area contributed by atoms with E-state index in [0.29, 0.717) is 18.0 Å². The van der Waals surface area contributed by atoms with Crippen LogP contribution in [0.4, 0.5) is 10.5 Å². The number of hydrogen-bond acceptors (Lipinski definition) is 5. The van der Waals surface area contributed by atoms with E-state index in [0.717, 1.165) is 4.47 Å². The van der Waals surface area contributed by atoms with Crippen LogP contribution >= 0.6 is 15.9 Å². The molecule has 0 atom stereocenters. The van der Waals surface area contributed by atoms with Crippen molar-refractivity contribution in [2.24, 2.45) is 0 Å². The highest BCUT2D eigenvalue weighted by Crippen LogP contribution is 2.23. The van der Waals surface area contributed by atoms with E-state index in [4.69, 9.17) is 4.74 Å². The number of nitrogens with zero attached hydrogens (tertiary/aromatic N) is 3. The Morgan fingerprint density at radius 3 is 2.68 bits per heavy atom. The third kappa shape index (κ3) is 3.22. The number of imide groups is 1. The maximum Gasteiger partial charge on any atom is 0.328 e. The molecule has 112 valence electrons. The highest BCUT2D eigenvalue weighted by atomic mass is 79.9. The number of carbonyl (C=O) groups excluding carboxylic acids is 2. The third-order valence-electron chi connectivity index (χ3n) is 2.99. The Hall–Kier alpha value is -2.48. The molecule has 1 N–H and O–H groups in total. The van der Waals surface area contributed by atoms with Gasteiger partial charge in [-0.15, -0.1) is 0 Å². The molecule has 0 saturated carbocycles. The molecule has 2 aromatic rings. The molecule has 8 heteroatoms. The first-order chi connectivity index (χ1) is 10.6. The summed E-state index contributed by atoms with van der Waals surface area (Å²) in [5, 5.41) is 2.24. The molecular weight excluding hydrogens is 352 g/mol. The van der Waals surface area contributed by atoms with Gasteiger partial charge in [0.05, 0.1) is 18.1 Å². The summed E-state index contributed by atoms with van der Waals surface area (Å²) in [7, 11) is 0. The van der Waals surface area contributed by atoms with Crippen molar-refractivity contribution in [2.45, 2.75) is 6.42 Å². The number of ether oxygens (including phenoxy) is 1. The Balaban J connectivity index is 1.73. The van der Waals surface area contributed by atoms with Crippen molar-refractivity contribution in [3.05, 3.63) is 41.1 Å². The van der Waals surface area contributed by atoms with Gasteiger partial charge in [0.25, 0.3) is 0 Å². The van der Waals surface area contributed by atoms with E-state index in [1.807, 2.05) is 12.1 Å². The summed E-state index contributed by atoms with van der Waals surface area (Å²) < 4.78 is 6.41. The number of hydrogen-bond donors (Lipinski definition) is 1. The van der Waals surface area contributed by atoms with Crippen LogP contribution in [0, 0.1) is 0 Å². The molecule has 3 rings (SSSR count). The van der Waals surface area contributed by atoms with E-state index < -0.39 is 6.03 Å². The molecule has 1 aliphatic heterocycles. The predicted octanol–water partition coefficient (Wildman–Crippen LogP) is 2.48. The molecular formula is C14H11BrN4O3. The van der Waals surface area contributed by atoms with E-state index >= 15 is 0 Å². The number of carbonyl (C=O) groups is 2. The van der Waals surface area contributed by atoms with Crippen LogP contribution in [0.5, 0.6) is 11.8 Å². The number of urea groups is 1. The van der Waals surface area contributed by atoms with Gasteiger partial charge in [0.1, 0.15) is 5.75 Å². The molecule has 0 spiro atoms. The van der Waals surface area contributed by atoms with Crippen LogP contribution in [-0.2, 0) is 4.79 Å². The normalized spacial score (nSPS) is 14.7. The summed E-state index contributed by atoms with van der Waals surface area (Å²) in [5.41, 5.74) is 0.506. The lowest BCUT2D eigenvalue weighted by Gasteiger charge is -2.25. The highest BCUT2D eigenvalue weighted by molar-refractivity contribution is 9.10. The zero-order chi connectivity index (χ0) is 15.5. The lowest BCUT2D eigenvalue weighted by molar-refractivity contribution is -0.120. The fourth-order valence-corrected chi connectivity index (χ4v) is 2.33. The third-order valence-corrected chi connectivity index (χ3v) is 3.48. The van der Waals surface area contributed by atoms with Crippen molar-refractivity contribution in [2.75, 3.05) is 11.4 Å². The molecule has 1 saturated heterocycles. The Morgan fingerprint density at radius 1 is 1.23 bits per heavy atom. The fourth-order valence-electron chi connectivity index (χ4n) is 1.95. The number of nitrogens with one attached hydrogen (secondary N) is 1. The van der Waals surface area contributed by atoms with Crippen LogP contribution in [0.1, 0.15) is 6.42 Å². The van der Waals surface area contributed by atoms with Crippen LogP contribution in [0.15, 0.2) is 41.1 Å². The fraction of sp³-hybridized carbons (Fsp3) is 0.143. The average molecular weight is 363 g/mol. The van der Waals surface area contributed by atoms with Crippen molar-refractivity contribution >= 4 is 33.6 Å². The monoisotopic (exact) mass is 362 g/mol.